The van der Waals surface area contributed by atoms with Crippen LogP contribution in [0.4, 0.5) is 0 Å². The quantitative estimate of drug-likeness (QED) is 0.480. The Labute approximate surface area is 108 Å². The summed E-state index contributed by atoms with van der Waals surface area (Å²) in [6.07, 6.45) is 3.24. The Balaban J connectivity index is 1.98. The predicted octanol–water partition coefficient (Wildman–Crippen LogP) is 1.01. The van der Waals surface area contributed by atoms with Crippen LogP contribution in [0.15, 0.2) is 0 Å². The van der Waals surface area contributed by atoms with Crippen LogP contribution in [-0.4, -0.2) is 56.1 Å². The van der Waals surface area contributed by atoms with Crippen LogP contribution in [-0.2, 0) is 19.1 Å². The minimum absolute atomic E-state index is 0.233. The van der Waals surface area contributed by atoms with Crippen LogP contribution in [0.3, 0.4) is 0 Å². The van der Waals surface area contributed by atoms with Crippen molar-refractivity contribution in [3.8, 4) is 0 Å². The molecule has 1 aliphatic heterocycles. The number of rotatable bonds is 8. The molecule has 0 aromatic carbocycles. The second-order valence-corrected chi connectivity index (χ2v) is 4.50. The lowest BCUT2D eigenvalue weighted by molar-refractivity contribution is -0.147. The van der Waals surface area contributed by atoms with Crippen molar-refractivity contribution in [1.82, 2.24) is 4.90 Å². The van der Waals surface area contributed by atoms with Crippen molar-refractivity contribution in [2.24, 2.45) is 0 Å². The highest BCUT2D eigenvalue weighted by atomic mass is 16.6. The molecule has 18 heavy (non-hydrogen) atoms. The molecule has 1 saturated heterocycles. The van der Waals surface area contributed by atoms with Gasteiger partial charge in [0.1, 0.15) is 12.4 Å². The fourth-order valence-corrected chi connectivity index (χ4v) is 1.75. The van der Waals surface area contributed by atoms with Crippen LogP contribution in [0.25, 0.3) is 0 Å². The van der Waals surface area contributed by atoms with E-state index in [-0.39, 0.29) is 18.3 Å². The molecule has 0 bridgehead atoms. The summed E-state index contributed by atoms with van der Waals surface area (Å²) < 4.78 is 10.4. The van der Waals surface area contributed by atoms with Crippen LogP contribution < -0.4 is 0 Å². The van der Waals surface area contributed by atoms with Crippen LogP contribution >= 0.6 is 0 Å². The Hall–Kier alpha value is -0.940. The first-order chi connectivity index (χ1) is 8.72. The Bertz CT molecular complexity index is 258. The van der Waals surface area contributed by atoms with Gasteiger partial charge in [-0.15, -0.1) is 0 Å². The number of hydrogen-bond donors (Lipinski definition) is 0. The molecule has 1 rings (SSSR count). The van der Waals surface area contributed by atoms with Gasteiger partial charge in [-0.2, -0.15) is 0 Å². The number of ether oxygens (including phenoxy) is 2. The van der Waals surface area contributed by atoms with Gasteiger partial charge in [-0.05, 0) is 6.42 Å². The predicted molar refractivity (Wildman–Crippen MR) is 67.4 cm³/mol. The van der Waals surface area contributed by atoms with E-state index in [0.29, 0.717) is 39.1 Å². The second-order valence-electron chi connectivity index (χ2n) is 4.50. The van der Waals surface area contributed by atoms with E-state index in [1.165, 1.54) is 0 Å². The van der Waals surface area contributed by atoms with Crippen LogP contribution in [0.5, 0.6) is 0 Å². The molecule has 5 heteroatoms. The molecule has 0 aromatic heterocycles. The highest BCUT2D eigenvalue weighted by Crippen LogP contribution is 2.05. The first kappa shape index (κ1) is 15.1. The van der Waals surface area contributed by atoms with Crippen molar-refractivity contribution in [2.75, 3.05) is 39.5 Å². The highest BCUT2D eigenvalue weighted by molar-refractivity contribution is 5.80. The average molecular weight is 257 g/mol. The van der Waals surface area contributed by atoms with Crippen molar-refractivity contribution < 1.29 is 19.1 Å². The van der Waals surface area contributed by atoms with Crippen LogP contribution in [0, 0.1) is 0 Å². The maximum atomic E-state index is 11.5. The molecule has 0 unspecified atom stereocenters. The smallest absolute Gasteiger partial charge is 0.320 e. The van der Waals surface area contributed by atoms with Gasteiger partial charge in [0.25, 0.3) is 0 Å². The number of nitrogens with zero attached hydrogens (tertiary/aromatic N) is 1. The molecule has 0 radical (unpaired) electrons. The standard InChI is InChI=1S/C13H23NO4/c1-2-3-8-17-9-10-18-13(16)11-14-6-4-12(15)5-7-14/h2-11H2,1H3. The lowest BCUT2D eigenvalue weighted by atomic mass is 10.1. The summed E-state index contributed by atoms with van der Waals surface area (Å²) in [5, 5.41) is 0. The molecular formula is C13H23NO4. The Kier molecular flexibility index (Phi) is 7.60. The summed E-state index contributed by atoms with van der Waals surface area (Å²) in [6, 6.07) is 0. The van der Waals surface area contributed by atoms with E-state index in [1.807, 2.05) is 4.90 Å². The van der Waals surface area contributed by atoms with Gasteiger partial charge in [-0.3, -0.25) is 14.5 Å². The number of carbonyl (C=O) groups excluding carboxylic acids is 2. The van der Waals surface area contributed by atoms with Crippen molar-refractivity contribution in [3.05, 3.63) is 0 Å². The van der Waals surface area contributed by atoms with Gasteiger partial charge in [0.2, 0.25) is 0 Å². The number of esters is 1. The summed E-state index contributed by atoms with van der Waals surface area (Å²) in [7, 11) is 0. The summed E-state index contributed by atoms with van der Waals surface area (Å²) in [6.45, 7) is 5.22. The zero-order valence-electron chi connectivity index (χ0n) is 11.2. The maximum absolute atomic E-state index is 11.5. The number of piperidine rings is 1. The van der Waals surface area contributed by atoms with Crippen molar-refractivity contribution in [2.45, 2.75) is 32.6 Å². The minimum atomic E-state index is -0.233. The molecule has 1 aliphatic rings. The third-order valence-corrected chi connectivity index (χ3v) is 2.90. The van der Waals surface area contributed by atoms with E-state index in [4.69, 9.17) is 9.47 Å². The zero-order valence-corrected chi connectivity index (χ0v) is 11.2. The topological polar surface area (TPSA) is 55.8 Å². The Morgan fingerprint density at radius 2 is 1.94 bits per heavy atom. The molecule has 1 fully saturated rings. The van der Waals surface area contributed by atoms with Gasteiger partial charge in [-0.25, -0.2) is 0 Å². The molecule has 0 spiro atoms. The van der Waals surface area contributed by atoms with Gasteiger partial charge in [0.15, 0.2) is 0 Å². The largest absolute Gasteiger partial charge is 0.462 e. The Morgan fingerprint density at radius 1 is 1.22 bits per heavy atom. The van der Waals surface area contributed by atoms with Crippen molar-refractivity contribution >= 4 is 11.8 Å². The molecule has 0 aliphatic carbocycles. The van der Waals surface area contributed by atoms with E-state index in [2.05, 4.69) is 6.92 Å². The number of Topliss-reactive ketones (excluding diaryl/α,β-unsaturated/α-hetero) is 1. The number of carbonyl (C=O) groups is 2. The second kappa shape index (κ2) is 9.05. The number of unbranched alkanes of at least 4 members (excludes halogenated alkanes) is 1. The first-order valence-electron chi connectivity index (χ1n) is 6.69. The van der Waals surface area contributed by atoms with E-state index in [1.54, 1.807) is 0 Å². The molecule has 0 atom stereocenters. The third-order valence-electron chi connectivity index (χ3n) is 2.90. The van der Waals surface area contributed by atoms with Crippen molar-refractivity contribution in [1.29, 1.82) is 0 Å². The summed E-state index contributed by atoms with van der Waals surface area (Å²) in [4.78, 5) is 24.5. The third kappa shape index (κ3) is 6.71. The van der Waals surface area contributed by atoms with Gasteiger partial charge in [-0.1, -0.05) is 13.3 Å². The van der Waals surface area contributed by atoms with Gasteiger partial charge in [0.05, 0.1) is 13.2 Å². The molecule has 5 nitrogen and oxygen atoms in total. The molecule has 0 aromatic rings. The van der Waals surface area contributed by atoms with E-state index < -0.39 is 0 Å². The molecular weight excluding hydrogens is 234 g/mol. The van der Waals surface area contributed by atoms with E-state index in [0.717, 1.165) is 19.4 Å². The summed E-state index contributed by atoms with van der Waals surface area (Å²) >= 11 is 0. The normalized spacial score (nSPS) is 16.8. The fraction of sp³-hybridized carbons (Fsp3) is 0.846. The molecule has 0 amide bonds. The summed E-state index contributed by atoms with van der Waals surface area (Å²) in [5.41, 5.74) is 0. The number of hydrogen-bond acceptors (Lipinski definition) is 5. The van der Waals surface area contributed by atoms with Gasteiger partial charge in [0, 0.05) is 32.5 Å². The van der Waals surface area contributed by atoms with Gasteiger partial charge < -0.3 is 9.47 Å². The van der Waals surface area contributed by atoms with Gasteiger partial charge >= 0.3 is 5.97 Å². The number of ketones is 1. The zero-order chi connectivity index (χ0) is 13.2. The van der Waals surface area contributed by atoms with E-state index >= 15 is 0 Å². The van der Waals surface area contributed by atoms with E-state index in [9.17, 15) is 9.59 Å². The van der Waals surface area contributed by atoms with Crippen molar-refractivity contribution in [3.63, 3.8) is 0 Å². The number of likely N-dealkylation sites (tertiary alicyclic amines) is 1. The highest BCUT2D eigenvalue weighted by Gasteiger charge is 2.18. The fourth-order valence-electron chi connectivity index (χ4n) is 1.75. The lowest BCUT2D eigenvalue weighted by Gasteiger charge is -2.24. The Morgan fingerprint density at radius 3 is 2.61 bits per heavy atom. The lowest BCUT2D eigenvalue weighted by Crippen LogP contribution is -2.38. The van der Waals surface area contributed by atoms with Crippen LogP contribution in [0.2, 0.25) is 0 Å². The minimum Gasteiger partial charge on any atom is -0.462 e. The maximum Gasteiger partial charge on any atom is 0.320 e. The first-order valence-corrected chi connectivity index (χ1v) is 6.69. The monoisotopic (exact) mass is 257 g/mol. The molecule has 0 N–H and O–H groups in total. The molecule has 1 heterocycles. The summed E-state index contributed by atoms with van der Waals surface area (Å²) in [5.74, 6) is 0.0485. The molecule has 0 saturated carbocycles. The average Bonchev–Trinajstić information content (AvgIpc) is 2.36. The SMILES string of the molecule is CCCCOCCOC(=O)CN1CCC(=O)CC1. The molecule has 104 valence electrons. The van der Waals surface area contributed by atoms with Crippen LogP contribution in [0.1, 0.15) is 32.6 Å².